The second kappa shape index (κ2) is 4.80. The summed E-state index contributed by atoms with van der Waals surface area (Å²) in [4.78, 5) is 12.4. The van der Waals surface area contributed by atoms with Gasteiger partial charge < -0.3 is 9.69 Å². The van der Waals surface area contributed by atoms with Gasteiger partial charge in [0, 0.05) is 26.2 Å². The summed E-state index contributed by atoms with van der Waals surface area (Å²) >= 11 is 0. The van der Waals surface area contributed by atoms with Crippen LogP contribution in [0, 0.1) is 6.92 Å². The summed E-state index contributed by atoms with van der Waals surface area (Å²) in [5.41, 5.74) is 3.70. The molecule has 0 fully saturated rings. The van der Waals surface area contributed by atoms with Gasteiger partial charge in [-0.3, -0.25) is 0 Å². The van der Waals surface area contributed by atoms with Gasteiger partial charge in [0.1, 0.15) is 6.29 Å². The van der Waals surface area contributed by atoms with Gasteiger partial charge in [0.2, 0.25) is 0 Å². The van der Waals surface area contributed by atoms with Crippen LogP contribution in [0.15, 0.2) is 18.2 Å². The molecule has 14 heavy (non-hydrogen) atoms. The number of rotatable bonds is 4. The molecule has 1 aromatic carbocycles. The highest BCUT2D eigenvalue weighted by atomic mass is 16.1. The first-order chi connectivity index (χ1) is 6.65. The third kappa shape index (κ3) is 2.59. The van der Waals surface area contributed by atoms with Gasteiger partial charge in [0.05, 0.1) is 0 Å². The van der Waals surface area contributed by atoms with E-state index in [1.54, 1.807) is 0 Å². The number of hydrogen-bond donors (Lipinski definition) is 0. The van der Waals surface area contributed by atoms with E-state index in [4.69, 9.17) is 0 Å². The molecule has 1 aromatic rings. The van der Waals surface area contributed by atoms with Crippen molar-refractivity contribution in [1.82, 2.24) is 0 Å². The zero-order valence-electron chi connectivity index (χ0n) is 9.08. The van der Waals surface area contributed by atoms with Crippen molar-refractivity contribution in [3.8, 4) is 0 Å². The maximum Gasteiger partial charge on any atom is 0.120 e. The Labute approximate surface area is 85.5 Å². The average Bonchev–Trinajstić information content (AvgIpc) is 2.14. The Bertz CT molecular complexity index is 318. The predicted molar refractivity (Wildman–Crippen MR) is 59.9 cm³/mol. The minimum atomic E-state index is 0.601. The number of aryl methyl sites for hydroxylation is 2. The normalized spacial score (nSPS) is 9.93. The van der Waals surface area contributed by atoms with Crippen molar-refractivity contribution in [1.29, 1.82) is 0 Å². The summed E-state index contributed by atoms with van der Waals surface area (Å²) in [6.07, 6.45) is 2.41. The van der Waals surface area contributed by atoms with Crippen molar-refractivity contribution in [2.75, 3.05) is 19.0 Å². The van der Waals surface area contributed by atoms with Crippen molar-refractivity contribution < 1.29 is 4.79 Å². The Hall–Kier alpha value is -1.31. The van der Waals surface area contributed by atoms with Crippen molar-refractivity contribution in [3.05, 3.63) is 29.3 Å². The Kier molecular flexibility index (Phi) is 3.69. The lowest BCUT2D eigenvalue weighted by molar-refractivity contribution is -0.107. The van der Waals surface area contributed by atoms with E-state index in [0.29, 0.717) is 6.42 Å². The molecular weight excluding hydrogens is 174 g/mol. The van der Waals surface area contributed by atoms with Gasteiger partial charge >= 0.3 is 0 Å². The fourth-order valence-electron chi connectivity index (χ4n) is 1.57. The lowest BCUT2D eigenvalue weighted by atomic mass is 10.0. The number of benzene rings is 1. The molecule has 0 saturated carbocycles. The Balaban J connectivity index is 2.96. The molecule has 0 amide bonds. The number of nitrogens with zero attached hydrogens (tertiary/aromatic N) is 1. The predicted octanol–water partition coefficient (Wildman–Crippen LogP) is 2.19. The number of carbonyl (C=O) groups excluding carboxylic acids is 1. The largest absolute Gasteiger partial charge is 0.377 e. The summed E-state index contributed by atoms with van der Waals surface area (Å²) in [6, 6.07) is 6.36. The van der Waals surface area contributed by atoms with Crippen LogP contribution >= 0.6 is 0 Å². The second-order valence-electron chi connectivity index (χ2n) is 3.73. The third-order valence-electron chi connectivity index (χ3n) is 2.25. The molecule has 0 aromatic heterocycles. The van der Waals surface area contributed by atoms with Crippen LogP contribution in [0.1, 0.15) is 17.5 Å². The van der Waals surface area contributed by atoms with E-state index in [1.807, 2.05) is 14.1 Å². The van der Waals surface area contributed by atoms with Crippen LogP contribution < -0.4 is 4.90 Å². The van der Waals surface area contributed by atoms with Gasteiger partial charge in [-0.1, -0.05) is 17.7 Å². The van der Waals surface area contributed by atoms with E-state index in [-0.39, 0.29) is 0 Å². The van der Waals surface area contributed by atoms with E-state index < -0.39 is 0 Å². The molecule has 0 aliphatic rings. The second-order valence-corrected chi connectivity index (χ2v) is 3.73. The van der Waals surface area contributed by atoms with Crippen LogP contribution in [0.5, 0.6) is 0 Å². The van der Waals surface area contributed by atoms with Crippen LogP contribution in [-0.4, -0.2) is 20.4 Å². The average molecular weight is 191 g/mol. The maximum atomic E-state index is 10.3. The fourth-order valence-corrected chi connectivity index (χ4v) is 1.57. The van der Waals surface area contributed by atoms with Gasteiger partial charge in [-0.05, 0) is 25.0 Å². The topological polar surface area (TPSA) is 20.3 Å². The Morgan fingerprint density at radius 1 is 1.36 bits per heavy atom. The molecule has 0 atom stereocenters. The summed E-state index contributed by atoms with van der Waals surface area (Å²) in [6.45, 7) is 2.07. The standard InChI is InChI=1S/C12H17NO/c1-10-6-7-12(13(2)3)11(9-10)5-4-8-14/h6-9H,4-5H2,1-3H3. The molecule has 0 N–H and O–H groups in total. The zero-order chi connectivity index (χ0) is 10.6. The van der Waals surface area contributed by atoms with Crippen molar-refractivity contribution >= 4 is 12.0 Å². The molecule has 76 valence electrons. The smallest absolute Gasteiger partial charge is 0.120 e. The zero-order valence-corrected chi connectivity index (χ0v) is 9.08. The van der Waals surface area contributed by atoms with Crippen molar-refractivity contribution in [3.63, 3.8) is 0 Å². The first kappa shape index (κ1) is 10.8. The number of carbonyl (C=O) groups is 1. The van der Waals surface area contributed by atoms with E-state index >= 15 is 0 Å². The van der Waals surface area contributed by atoms with Gasteiger partial charge in [0.15, 0.2) is 0 Å². The fraction of sp³-hybridized carbons (Fsp3) is 0.417. The molecule has 0 spiro atoms. The minimum absolute atomic E-state index is 0.601. The monoisotopic (exact) mass is 191 g/mol. The molecule has 0 saturated heterocycles. The van der Waals surface area contributed by atoms with Gasteiger partial charge in [0.25, 0.3) is 0 Å². The van der Waals surface area contributed by atoms with Crippen LogP contribution in [0.25, 0.3) is 0 Å². The van der Waals surface area contributed by atoms with Crippen LogP contribution in [0.4, 0.5) is 5.69 Å². The SMILES string of the molecule is Cc1ccc(N(C)C)c(CCC=O)c1. The van der Waals surface area contributed by atoms with E-state index in [1.165, 1.54) is 16.8 Å². The highest BCUT2D eigenvalue weighted by molar-refractivity contribution is 5.57. The molecular formula is C12H17NO. The molecule has 2 heteroatoms. The maximum absolute atomic E-state index is 10.3. The molecule has 0 radical (unpaired) electrons. The van der Waals surface area contributed by atoms with Crippen LogP contribution in [0.2, 0.25) is 0 Å². The van der Waals surface area contributed by atoms with Gasteiger partial charge in [-0.15, -0.1) is 0 Å². The van der Waals surface area contributed by atoms with Gasteiger partial charge in [-0.2, -0.15) is 0 Å². The van der Waals surface area contributed by atoms with Crippen LogP contribution in [-0.2, 0) is 11.2 Å². The Morgan fingerprint density at radius 2 is 2.07 bits per heavy atom. The molecule has 0 heterocycles. The number of anilines is 1. The lowest BCUT2D eigenvalue weighted by Crippen LogP contribution is -2.11. The van der Waals surface area contributed by atoms with Gasteiger partial charge in [-0.25, -0.2) is 0 Å². The van der Waals surface area contributed by atoms with Crippen molar-refractivity contribution in [2.24, 2.45) is 0 Å². The number of hydrogen-bond acceptors (Lipinski definition) is 2. The van der Waals surface area contributed by atoms with E-state index in [0.717, 1.165) is 12.7 Å². The molecule has 2 nitrogen and oxygen atoms in total. The first-order valence-electron chi connectivity index (χ1n) is 4.85. The summed E-state index contributed by atoms with van der Waals surface area (Å²) in [5.74, 6) is 0. The highest BCUT2D eigenvalue weighted by Gasteiger charge is 2.03. The van der Waals surface area contributed by atoms with E-state index in [2.05, 4.69) is 30.0 Å². The molecule has 0 aliphatic carbocycles. The Morgan fingerprint density at radius 3 is 2.64 bits per heavy atom. The van der Waals surface area contributed by atoms with Crippen molar-refractivity contribution in [2.45, 2.75) is 19.8 Å². The summed E-state index contributed by atoms with van der Waals surface area (Å²) < 4.78 is 0. The lowest BCUT2D eigenvalue weighted by Gasteiger charge is -2.17. The quantitative estimate of drug-likeness (QED) is 0.680. The first-order valence-corrected chi connectivity index (χ1v) is 4.85. The summed E-state index contributed by atoms with van der Waals surface area (Å²) in [5, 5.41) is 0. The minimum Gasteiger partial charge on any atom is -0.377 e. The van der Waals surface area contributed by atoms with E-state index in [9.17, 15) is 4.79 Å². The molecule has 0 aliphatic heterocycles. The van der Waals surface area contributed by atoms with Crippen LogP contribution in [0.3, 0.4) is 0 Å². The third-order valence-corrected chi connectivity index (χ3v) is 2.25. The number of aldehydes is 1. The molecule has 1 rings (SSSR count). The molecule has 0 unspecified atom stereocenters. The summed E-state index contributed by atoms with van der Waals surface area (Å²) in [7, 11) is 4.05. The molecule has 0 bridgehead atoms. The highest BCUT2D eigenvalue weighted by Crippen LogP contribution is 2.20.